The number of hydrogen-bond acceptors (Lipinski definition) is 2. The average molecular weight is 151 g/mol. The molecule has 0 atom stereocenters. The Kier molecular flexibility index (Phi) is 7.94. The summed E-state index contributed by atoms with van der Waals surface area (Å²) in [6, 6.07) is 0. The van der Waals surface area contributed by atoms with Gasteiger partial charge in [-0.2, -0.15) is 0 Å². The van der Waals surface area contributed by atoms with Gasteiger partial charge in [0.1, 0.15) is 0 Å². The maximum atomic E-state index is 9.62. The smallest absolute Gasteiger partial charge is 0.211 e. The van der Waals surface area contributed by atoms with E-state index in [9.17, 15) is 4.79 Å². The molecular weight excluding hydrogens is 138 g/mol. The Morgan fingerprint density at radius 2 is 2.27 bits per heavy atom. The number of rotatable bonds is 6. The molecule has 0 aliphatic heterocycles. The third kappa shape index (κ3) is 8.86. The molecule has 0 aromatic carbocycles. The van der Waals surface area contributed by atoms with Crippen LogP contribution >= 0.6 is 0 Å². The van der Waals surface area contributed by atoms with Crippen molar-refractivity contribution in [2.45, 2.75) is 19.3 Å². The zero-order valence-corrected chi connectivity index (χ0v) is 6.62. The standard InChI is InChI=1S/C9H13NO/c1-2-3-4-5-6-7-8-10-9-11/h2-4H,1,5-8H2. The number of hydrogen-bond donors (Lipinski definition) is 0. The van der Waals surface area contributed by atoms with Crippen molar-refractivity contribution in [3.63, 3.8) is 0 Å². The summed E-state index contributed by atoms with van der Waals surface area (Å²) in [5, 5.41) is 0. The van der Waals surface area contributed by atoms with Crippen LogP contribution in [0.25, 0.3) is 0 Å². The van der Waals surface area contributed by atoms with Crippen LogP contribution in [0.15, 0.2) is 29.8 Å². The first-order chi connectivity index (χ1) is 5.41. The van der Waals surface area contributed by atoms with Crippen LogP contribution in [0.3, 0.4) is 0 Å². The molecule has 0 spiro atoms. The van der Waals surface area contributed by atoms with Crippen molar-refractivity contribution in [1.29, 1.82) is 0 Å². The second-order valence-electron chi connectivity index (χ2n) is 2.13. The van der Waals surface area contributed by atoms with E-state index in [1.54, 1.807) is 6.08 Å². The van der Waals surface area contributed by atoms with Crippen molar-refractivity contribution in [1.82, 2.24) is 0 Å². The number of aliphatic imine (C=N–C) groups is 1. The number of unbranched alkanes of at least 4 members (excludes halogenated alkanes) is 2. The van der Waals surface area contributed by atoms with Gasteiger partial charge in [-0.3, -0.25) is 0 Å². The van der Waals surface area contributed by atoms with Crippen LogP contribution in [0.4, 0.5) is 0 Å². The maximum absolute atomic E-state index is 9.62. The monoisotopic (exact) mass is 151 g/mol. The molecule has 0 unspecified atom stereocenters. The summed E-state index contributed by atoms with van der Waals surface area (Å²) < 4.78 is 0. The van der Waals surface area contributed by atoms with Gasteiger partial charge in [-0.05, 0) is 19.3 Å². The van der Waals surface area contributed by atoms with Crippen LogP contribution in [-0.2, 0) is 4.79 Å². The first kappa shape index (κ1) is 9.86. The summed E-state index contributed by atoms with van der Waals surface area (Å²) in [7, 11) is 0. The van der Waals surface area contributed by atoms with Crippen LogP contribution in [0.1, 0.15) is 19.3 Å². The third-order valence-corrected chi connectivity index (χ3v) is 1.23. The van der Waals surface area contributed by atoms with Crippen LogP contribution in [0, 0.1) is 0 Å². The molecule has 0 aliphatic rings. The molecule has 0 bridgehead atoms. The molecule has 0 heterocycles. The molecule has 0 aromatic heterocycles. The lowest BCUT2D eigenvalue weighted by Gasteiger charge is -1.89. The highest BCUT2D eigenvalue weighted by atomic mass is 16.1. The lowest BCUT2D eigenvalue weighted by molar-refractivity contribution is 0.562. The van der Waals surface area contributed by atoms with Gasteiger partial charge in [-0.1, -0.05) is 24.8 Å². The van der Waals surface area contributed by atoms with Gasteiger partial charge < -0.3 is 0 Å². The number of allylic oxidation sites excluding steroid dienone is 3. The molecule has 11 heavy (non-hydrogen) atoms. The Balaban J connectivity index is 3.07. The molecule has 0 aliphatic carbocycles. The van der Waals surface area contributed by atoms with Gasteiger partial charge in [0.05, 0.1) is 6.54 Å². The fourth-order valence-corrected chi connectivity index (χ4v) is 0.691. The van der Waals surface area contributed by atoms with Crippen molar-refractivity contribution in [3.8, 4) is 0 Å². The van der Waals surface area contributed by atoms with E-state index in [-0.39, 0.29) is 0 Å². The highest BCUT2D eigenvalue weighted by molar-refractivity contribution is 5.32. The van der Waals surface area contributed by atoms with E-state index in [4.69, 9.17) is 0 Å². The zero-order valence-electron chi connectivity index (χ0n) is 6.62. The van der Waals surface area contributed by atoms with E-state index in [1.165, 1.54) is 6.08 Å². The molecular formula is C9H13NO. The largest absolute Gasteiger partial charge is 0.234 e. The third-order valence-electron chi connectivity index (χ3n) is 1.23. The average Bonchev–Trinajstić information content (AvgIpc) is 2.03. The Morgan fingerprint density at radius 3 is 2.91 bits per heavy atom. The Morgan fingerprint density at radius 1 is 1.45 bits per heavy atom. The number of nitrogens with zero attached hydrogens (tertiary/aromatic N) is 1. The van der Waals surface area contributed by atoms with E-state index in [2.05, 4.69) is 17.6 Å². The lowest BCUT2D eigenvalue weighted by Crippen LogP contribution is -1.78. The van der Waals surface area contributed by atoms with Crippen LogP contribution < -0.4 is 0 Å². The fourth-order valence-electron chi connectivity index (χ4n) is 0.691. The van der Waals surface area contributed by atoms with Gasteiger partial charge in [0.25, 0.3) is 0 Å². The van der Waals surface area contributed by atoms with E-state index in [1.807, 2.05) is 6.08 Å². The van der Waals surface area contributed by atoms with Crippen molar-refractivity contribution in [3.05, 3.63) is 24.8 Å². The number of carbonyl (C=O) groups excluding carboxylic acids is 1. The number of isocyanates is 1. The van der Waals surface area contributed by atoms with E-state index in [0.717, 1.165) is 19.3 Å². The van der Waals surface area contributed by atoms with Crippen molar-refractivity contribution < 1.29 is 4.79 Å². The summed E-state index contributed by atoms with van der Waals surface area (Å²) in [6.07, 6.45) is 10.3. The van der Waals surface area contributed by atoms with Crippen molar-refractivity contribution in [2.75, 3.05) is 6.54 Å². The summed E-state index contributed by atoms with van der Waals surface area (Å²) in [5.74, 6) is 0. The molecule has 0 amide bonds. The molecule has 60 valence electrons. The highest BCUT2D eigenvalue weighted by Crippen LogP contribution is 1.96. The molecule has 0 rings (SSSR count). The van der Waals surface area contributed by atoms with Gasteiger partial charge in [0, 0.05) is 0 Å². The molecule has 0 aromatic rings. The van der Waals surface area contributed by atoms with Crippen LogP contribution in [0.2, 0.25) is 0 Å². The fraction of sp³-hybridized carbons (Fsp3) is 0.444. The topological polar surface area (TPSA) is 29.4 Å². The summed E-state index contributed by atoms with van der Waals surface area (Å²) in [6.45, 7) is 4.15. The molecule has 2 heteroatoms. The molecule has 2 nitrogen and oxygen atoms in total. The lowest BCUT2D eigenvalue weighted by atomic mass is 10.2. The van der Waals surface area contributed by atoms with Crippen molar-refractivity contribution >= 4 is 6.08 Å². The van der Waals surface area contributed by atoms with Gasteiger partial charge in [0.2, 0.25) is 6.08 Å². The van der Waals surface area contributed by atoms with E-state index < -0.39 is 0 Å². The second-order valence-corrected chi connectivity index (χ2v) is 2.13. The van der Waals surface area contributed by atoms with Gasteiger partial charge >= 0.3 is 0 Å². The van der Waals surface area contributed by atoms with Gasteiger partial charge in [-0.15, -0.1) is 0 Å². The zero-order chi connectivity index (χ0) is 8.36. The molecule has 0 saturated heterocycles. The molecule has 0 fully saturated rings. The minimum absolute atomic E-state index is 0.603. The Labute approximate surface area is 67.3 Å². The normalized spacial score (nSPS) is 9.45. The minimum atomic E-state index is 0.603. The van der Waals surface area contributed by atoms with E-state index in [0.29, 0.717) is 6.54 Å². The van der Waals surface area contributed by atoms with E-state index >= 15 is 0 Å². The molecule has 0 radical (unpaired) electrons. The van der Waals surface area contributed by atoms with Crippen LogP contribution in [-0.4, -0.2) is 12.6 Å². The summed E-state index contributed by atoms with van der Waals surface area (Å²) >= 11 is 0. The van der Waals surface area contributed by atoms with Crippen LogP contribution in [0.5, 0.6) is 0 Å². The van der Waals surface area contributed by atoms with Gasteiger partial charge in [0.15, 0.2) is 0 Å². The summed E-state index contributed by atoms with van der Waals surface area (Å²) in [4.78, 5) is 13.1. The first-order valence-electron chi connectivity index (χ1n) is 3.73. The Hall–Kier alpha value is -1.14. The predicted molar refractivity (Wildman–Crippen MR) is 46.2 cm³/mol. The predicted octanol–water partition coefficient (Wildman–Crippen LogP) is 2.23. The molecule has 0 N–H and O–H groups in total. The molecule has 0 saturated carbocycles. The second kappa shape index (κ2) is 8.86. The quantitative estimate of drug-likeness (QED) is 0.248. The highest BCUT2D eigenvalue weighted by Gasteiger charge is 1.82. The maximum Gasteiger partial charge on any atom is 0.234 e. The SMILES string of the molecule is C=CC=CCCCCN=C=O. The first-order valence-corrected chi connectivity index (χ1v) is 3.73. The minimum Gasteiger partial charge on any atom is -0.211 e. The summed E-state index contributed by atoms with van der Waals surface area (Å²) in [5.41, 5.74) is 0. The Bertz CT molecular complexity index is 166. The van der Waals surface area contributed by atoms with Gasteiger partial charge in [-0.25, -0.2) is 9.79 Å². The van der Waals surface area contributed by atoms with Crippen molar-refractivity contribution in [2.24, 2.45) is 4.99 Å².